The van der Waals surface area contributed by atoms with E-state index in [1.165, 1.54) is 67.1 Å². The summed E-state index contributed by atoms with van der Waals surface area (Å²) in [6, 6.07) is 76.3. The maximum Gasteiger partial charge on any atom is 0.169 e. The van der Waals surface area contributed by atoms with Crippen LogP contribution in [0.2, 0.25) is 0 Å². The zero-order valence-electron chi connectivity index (χ0n) is 55.6. The summed E-state index contributed by atoms with van der Waals surface area (Å²) < 4.78 is 6.84. The van der Waals surface area contributed by atoms with Gasteiger partial charge in [0.1, 0.15) is 0 Å². The Morgan fingerprint density at radius 1 is 0.220 bits per heavy atom. The molecule has 0 unspecified atom stereocenters. The maximum absolute atomic E-state index is 4.71. The Morgan fingerprint density at radius 3 is 0.604 bits per heavy atom. The Hall–Kier alpha value is -8.95. The normalized spacial score (nSPS) is 11.3. The van der Waals surface area contributed by atoms with Crippen molar-refractivity contribution in [3.63, 3.8) is 0 Å². The topological polar surface area (TPSA) is 92.1 Å². The zero-order chi connectivity index (χ0) is 63.8. The number of nitrogens with zero attached hydrogens (tertiary/aromatic N) is 9. The summed E-state index contributed by atoms with van der Waals surface area (Å²) in [5.74, 6) is 7.61. The van der Waals surface area contributed by atoms with Gasteiger partial charge in [-0.05, 0) is 106 Å². The predicted octanol–water partition coefficient (Wildman–Crippen LogP) is 21.5. The Kier molecular flexibility index (Phi) is 21.8. The van der Waals surface area contributed by atoms with Crippen LogP contribution in [0.4, 0.5) is 0 Å². The van der Waals surface area contributed by atoms with Crippen molar-refractivity contribution in [1.82, 2.24) is 44.3 Å². The third kappa shape index (κ3) is 14.2. The molecule has 0 saturated heterocycles. The summed E-state index contributed by atoms with van der Waals surface area (Å²) >= 11 is 0. The molecule has 0 atom stereocenters. The van der Waals surface area contributed by atoms with Crippen LogP contribution in [0.3, 0.4) is 0 Å². The van der Waals surface area contributed by atoms with Gasteiger partial charge in [-0.2, -0.15) is 0 Å². The first-order valence-electron chi connectivity index (χ1n) is 32.1. The van der Waals surface area contributed by atoms with Crippen LogP contribution >= 0.6 is 0 Å². The molecule has 0 aliphatic heterocycles. The Balaban J connectivity index is 0.000000161. The van der Waals surface area contributed by atoms with Crippen molar-refractivity contribution in [3.05, 3.63) is 268 Å². The second-order valence-corrected chi connectivity index (χ2v) is 25.4. The van der Waals surface area contributed by atoms with Crippen LogP contribution in [0, 0.1) is 20.8 Å². The molecule has 0 bridgehead atoms. The van der Waals surface area contributed by atoms with Crippen molar-refractivity contribution >= 4 is 0 Å². The predicted molar refractivity (Wildman–Crippen MR) is 375 cm³/mol. The van der Waals surface area contributed by atoms with Gasteiger partial charge in [-0.25, -0.2) is 0 Å². The average Bonchev–Trinajstić information content (AvgIpc) is 1.81. The fourth-order valence-corrected chi connectivity index (χ4v) is 12.1. The molecule has 0 fully saturated rings. The van der Waals surface area contributed by atoms with Crippen LogP contribution in [-0.4, -0.2) is 44.3 Å². The van der Waals surface area contributed by atoms with E-state index >= 15 is 0 Å². The van der Waals surface area contributed by atoms with Crippen LogP contribution in [0.5, 0.6) is 0 Å². The summed E-state index contributed by atoms with van der Waals surface area (Å²) in [5, 5.41) is 28.2. The number of benzene rings is 9. The molecule has 0 amide bonds. The number of hydrogen-bond donors (Lipinski definition) is 0. The number of hydrogen-bond acceptors (Lipinski definition) is 6. The van der Waals surface area contributed by atoms with Crippen molar-refractivity contribution in [2.75, 3.05) is 0 Å². The van der Waals surface area contributed by atoms with Gasteiger partial charge in [-0.3, -0.25) is 13.7 Å². The smallest absolute Gasteiger partial charge is 0.169 e. The van der Waals surface area contributed by atoms with Crippen LogP contribution < -0.4 is 0 Å². The fourth-order valence-electron chi connectivity index (χ4n) is 12.1. The third-order valence-electron chi connectivity index (χ3n) is 16.9. The van der Waals surface area contributed by atoms with Crippen molar-refractivity contribution in [3.8, 4) is 85.4 Å². The van der Waals surface area contributed by atoms with Gasteiger partial charge in [0, 0.05) is 53.5 Å². The van der Waals surface area contributed by atoms with Gasteiger partial charge in [-0.1, -0.05) is 301 Å². The van der Waals surface area contributed by atoms with Crippen molar-refractivity contribution < 1.29 is 20.1 Å². The number of rotatable bonds is 15. The molecule has 9 nitrogen and oxygen atoms in total. The van der Waals surface area contributed by atoms with E-state index in [1.807, 2.05) is 18.2 Å². The number of para-hydroxylation sites is 3. The third-order valence-corrected chi connectivity index (χ3v) is 16.9. The summed E-state index contributed by atoms with van der Waals surface area (Å²) in [6.07, 6.45) is 0. The standard InChI is InChI=1S/3C27H29N3.Ir/c3*1-18(2)22-16-11-17-23(19(3)4)25(22)30-26(21-13-7-6-8-14-21)28-29-27(30)24-15-10-9-12-20(24)5;/h3*6-19H,1-5H3;. The van der Waals surface area contributed by atoms with Gasteiger partial charge < -0.3 is 0 Å². The molecule has 3 aromatic heterocycles. The van der Waals surface area contributed by atoms with E-state index in [1.54, 1.807) is 0 Å². The summed E-state index contributed by atoms with van der Waals surface area (Å²) in [5.41, 5.74) is 21.6. The Labute approximate surface area is 554 Å². The van der Waals surface area contributed by atoms with Gasteiger partial charge in [0.2, 0.25) is 0 Å². The second-order valence-electron chi connectivity index (χ2n) is 25.4. The van der Waals surface area contributed by atoms with Crippen molar-refractivity contribution in [2.45, 2.75) is 139 Å². The van der Waals surface area contributed by atoms with E-state index in [9.17, 15) is 0 Å². The van der Waals surface area contributed by atoms with Gasteiger partial charge in [0.15, 0.2) is 34.9 Å². The van der Waals surface area contributed by atoms with Crippen molar-refractivity contribution in [1.29, 1.82) is 0 Å². The molecule has 0 spiro atoms. The average molecular weight is 1380 g/mol. The molecular formula is C81H87IrN9. The first-order chi connectivity index (χ1) is 43.5. The van der Waals surface area contributed by atoms with Crippen molar-refractivity contribution in [2.24, 2.45) is 0 Å². The maximum atomic E-state index is 4.71. The molecule has 1 radical (unpaired) electrons. The van der Waals surface area contributed by atoms with Gasteiger partial charge in [-0.15, -0.1) is 30.6 Å². The number of aromatic nitrogens is 9. The molecule has 0 N–H and O–H groups in total. The summed E-state index contributed by atoms with van der Waals surface area (Å²) in [4.78, 5) is 0. The largest absolute Gasteiger partial charge is 0.274 e. The van der Waals surface area contributed by atoms with Crippen LogP contribution in [-0.2, 0) is 20.1 Å². The van der Waals surface area contributed by atoms with Crippen LogP contribution in [0.25, 0.3) is 85.4 Å². The van der Waals surface area contributed by atoms with Crippen LogP contribution in [0.1, 0.15) is 169 Å². The first kappa shape index (κ1) is 66.5. The molecule has 9 aromatic carbocycles. The molecule has 0 aliphatic rings. The quantitative estimate of drug-likeness (QED) is 0.102. The zero-order valence-corrected chi connectivity index (χ0v) is 58.0. The molecule has 10 heteroatoms. The van der Waals surface area contributed by atoms with E-state index in [-0.39, 0.29) is 20.1 Å². The summed E-state index contributed by atoms with van der Waals surface area (Å²) in [6.45, 7) is 33.4. The van der Waals surface area contributed by atoms with Crippen LogP contribution in [0.15, 0.2) is 218 Å². The minimum atomic E-state index is 0. The Bertz CT molecular complexity index is 3840. The number of aryl methyl sites for hydroxylation is 3. The molecule has 3 heterocycles. The molecule has 12 rings (SSSR count). The minimum absolute atomic E-state index is 0. The molecule has 0 aliphatic carbocycles. The molecule has 91 heavy (non-hydrogen) atoms. The van der Waals surface area contributed by atoms with Gasteiger partial charge >= 0.3 is 0 Å². The summed E-state index contributed by atoms with van der Waals surface area (Å²) in [7, 11) is 0. The Morgan fingerprint density at radius 2 is 0.407 bits per heavy atom. The minimum Gasteiger partial charge on any atom is -0.274 e. The SMILES string of the molecule is Cc1ccccc1-c1nnc(-c2ccccc2)n1-c1c(C(C)C)cccc1C(C)C.Cc1ccccc1-c1nnc(-c2ccccc2)n1-c1c(C(C)C)cccc1C(C)C.Cc1ccccc1-c1nnc(-c2ccccc2)n1-c1c(C(C)C)cccc1C(C)C.[Ir]. The molecule has 465 valence electrons. The van der Waals surface area contributed by atoms with Gasteiger partial charge in [0.25, 0.3) is 0 Å². The first-order valence-corrected chi connectivity index (χ1v) is 32.1. The van der Waals surface area contributed by atoms with E-state index in [4.69, 9.17) is 30.6 Å². The fraction of sp³-hybridized carbons (Fsp3) is 0.259. The van der Waals surface area contributed by atoms with E-state index in [0.29, 0.717) is 35.5 Å². The molecule has 12 aromatic rings. The monoisotopic (exact) mass is 1380 g/mol. The van der Waals surface area contributed by atoms with E-state index in [0.717, 1.165) is 68.3 Å². The van der Waals surface area contributed by atoms with E-state index in [2.05, 4.69) is 318 Å². The van der Waals surface area contributed by atoms with Gasteiger partial charge in [0.05, 0.1) is 17.1 Å². The molecular weight excluding hydrogens is 1290 g/mol. The second kappa shape index (κ2) is 29.8. The van der Waals surface area contributed by atoms with E-state index < -0.39 is 0 Å². The molecule has 0 saturated carbocycles.